The molecule has 1 aromatic carbocycles. The summed E-state index contributed by atoms with van der Waals surface area (Å²) in [5.41, 5.74) is 8.17. The third kappa shape index (κ3) is 2.50. The third-order valence-electron chi connectivity index (χ3n) is 4.34. The van der Waals surface area contributed by atoms with Crippen molar-refractivity contribution >= 4 is 44.4 Å². The predicted molar refractivity (Wildman–Crippen MR) is 96.8 cm³/mol. The van der Waals surface area contributed by atoms with Crippen molar-refractivity contribution in [1.29, 1.82) is 0 Å². The van der Waals surface area contributed by atoms with Crippen LogP contribution in [0.2, 0.25) is 0 Å². The summed E-state index contributed by atoms with van der Waals surface area (Å²) < 4.78 is 17.6. The Bertz CT molecular complexity index is 960. The summed E-state index contributed by atoms with van der Waals surface area (Å²) in [7, 11) is -1.04. The van der Waals surface area contributed by atoms with Gasteiger partial charge in [0.15, 0.2) is 10.7 Å². The van der Waals surface area contributed by atoms with Gasteiger partial charge in [-0.25, -0.2) is 4.98 Å². The summed E-state index contributed by atoms with van der Waals surface area (Å²) in [6, 6.07) is 6.05. The monoisotopic (exact) mass is 362 g/mol. The molecular formula is C16H18N4O2S2. The van der Waals surface area contributed by atoms with Crippen LogP contribution in [0.1, 0.15) is 24.4 Å². The summed E-state index contributed by atoms with van der Waals surface area (Å²) in [5, 5.41) is 0.602. The van der Waals surface area contributed by atoms with Gasteiger partial charge in [0.25, 0.3) is 6.01 Å². The van der Waals surface area contributed by atoms with Crippen molar-refractivity contribution in [2.45, 2.75) is 37.2 Å². The van der Waals surface area contributed by atoms with Crippen LogP contribution in [0.4, 0.5) is 11.1 Å². The van der Waals surface area contributed by atoms with Crippen LogP contribution in [0.25, 0.3) is 11.1 Å². The fraction of sp³-hybridized carbons (Fsp3) is 0.375. The molecule has 2 N–H and O–H groups in total. The van der Waals surface area contributed by atoms with E-state index in [0.29, 0.717) is 23.3 Å². The zero-order valence-corrected chi connectivity index (χ0v) is 15.3. The van der Waals surface area contributed by atoms with Crippen molar-refractivity contribution in [3.8, 4) is 0 Å². The molecule has 0 amide bonds. The number of aromatic nitrogens is 2. The molecule has 0 aliphatic carbocycles. The summed E-state index contributed by atoms with van der Waals surface area (Å²) in [4.78, 5) is 13.1. The molecule has 6 nitrogen and oxygen atoms in total. The van der Waals surface area contributed by atoms with E-state index in [-0.39, 0.29) is 5.54 Å². The lowest BCUT2D eigenvalue weighted by Gasteiger charge is -2.40. The Morgan fingerprint density at radius 2 is 2.17 bits per heavy atom. The van der Waals surface area contributed by atoms with Crippen LogP contribution in [0.3, 0.4) is 0 Å². The van der Waals surface area contributed by atoms with Crippen molar-refractivity contribution in [2.24, 2.45) is 0 Å². The standard InChI is InChI=1S/C16H18N4O2S2/c1-16(2)7-11-13(23-14(17)18-11)8-20(16)15-19-10-6-9(24(3)21)4-5-12(10)22-15/h4-6H,7-8H2,1-3H3,(H2,17,18). The zero-order chi connectivity index (χ0) is 17.1. The smallest absolute Gasteiger partial charge is 0.299 e. The number of thiazole rings is 1. The van der Waals surface area contributed by atoms with E-state index >= 15 is 0 Å². The van der Waals surface area contributed by atoms with Gasteiger partial charge < -0.3 is 15.1 Å². The summed E-state index contributed by atoms with van der Waals surface area (Å²) in [6.07, 6.45) is 2.45. The fourth-order valence-electron chi connectivity index (χ4n) is 3.04. The number of anilines is 2. The van der Waals surface area contributed by atoms with Gasteiger partial charge in [-0.1, -0.05) is 0 Å². The average Bonchev–Trinajstić information content (AvgIpc) is 3.06. The number of hydrogen-bond acceptors (Lipinski definition) is 7. The molecule has 0 spiro atoms. The van der Waals surface area contributed by atoms with E-state index in [1.807, 2.05) is 18.2 Å². The molecule has 0 fully saturated rings. The number of fused-ring (bicyclic) bond motifs is 2. The van der Waals surface area contributed by atoms with E-state index in [0.717, 1.165) is 27.4 Å². The summed E-state index contributed by atoms with van der Waals surface area (Å²) >= 11 is 1.52. The second-order valence-corrected chi connectivity index (χ2v) is 9.07. The third-order valence-corrected chi connectivity index (χ3v) is 6.17. The topological polar surface area (TPSA) is 85.2 Å². The largest absolute Gasteiger partial charge is 0.423 e. The number of nitrogens with two attached hydrogens (primary N) is 1. The number of rotatable bonds is 2. The van der Waals surface area contributed by atoms with E-state index in [1.165, 1.54) is 11.3 Å². The Morgan fingerprint density at radius 3 is 2.92 bits per heavy atom. The van der Waals surface area contributed by atoms with Gasteiger partial charge >= 0.3 is 0 Å². The van der Waals surface area contributed by atoms with Crippen LogP contribution >= 0.6 is 11.3 Å². The molecule has 3 heterocycles. The Labute approximate surface area is 146 Å². The maximum absolute atomic E-state index is 11.7. The highest BCUT2D eigenvalue weighted by molar-refractivity contribution is 7.84. The van der Waals surface area contributed by atoms with Crippen molar-refractivity contribution in [3.63, 3.8) is 0 Å². The maximum Gasteiger partial charge on any atom is 0.299 e. The van der Waals surface area contributed by atoms with E-state index in [4.69, 9.17) is 10.2 Å². The SMILES string of the molecule is CS(=O)c1ccc2oc(N3Cc4sc(N)nc4CC3(C)C)nc2c1. The first-order valence-electron chi connectivity index (χ1n) is 7.59. The first kappa shape index (κ1) is 15.6. The molecule has 2 aromatic heterocycles. The van der Waals surface area contributed by atoms with Gasteiger partial charge in [0, 0.05) is 38.8 Å². The highest BCUT2D eigenvalue weighted by Crippen LogP contribution is 2.38. The summed E-state index contributed by atoms with van der Waals surface area (Å²) in [6.45, 7) is 4.97. The average molecular weight is 362 g/mol. The fourth-order valence-corrected chi connectivity index (χ4v) is 4.42. The minimum atomic E-state index is -1.04. The van der Waals surface area contributed by atoms with Crippen LogP contribution in [0.15, 0.2) is 27.5 Å². The molecular weight excluding hydrogens is 344 g/mol. The Kier molecular flexibility index (Phi) is 3.43. The quantitative estimate of drug-likeness (QED) is 0.754. The zero-order valence-electron chi connectivity index (χ0n) is 13.7. The van der Waals surface area contributed by atoms with Crippen LogP contribution in [0.5, 0.6) is 0 Å². The second-order valence-electron chi connectivity index (χ2n) is 6.58. The number of benzene rings is 1. The molecule has 1 aliphatic heterocycles. The minimum absolute atomic E-state index is 0.176. The Balaban J connectivity index is 1.77. The molecule has 1 atom stereocenters. The van der Waals surface area contributed by atoms with Crippen molar-refractivity contribution in [1.82, 2.24) is 9.97 Å². The molecule has 0 saturated carbocycles. The van der Waals surface area contributed by atoms with Gasteiger partial charge in [-0.2, -0.15) is 4.98 Å². The van der Waals surface area contributed by atoms with Gasteiger partial charge in [0.1, 0.15) is 5.52 Å². The number of nitrogen functional groups attached to an aromatic ring is 1. The molecule has 0 radical (unpaired) electrons. The molecule has 0 saturated heterocycles. The highest BCUT2D eigenvalue weighted by Gasteiger charge is 2.37. The lowest BCUT2D eigenvalue weighted by molar-refractivity contribution is 0.394. The number of hydrogen-bond donors (Lipinski definition) is 1. The van der Waals surface area contributed by atoms with Gasteiger partial charge in [0.05, 0.1) is 12.2 Å². The second kappa shape index (κ2) is 5.29. The van der Waals surface area contributed by atoms with Crippen molar-refractivity contribution in [2.75, 3.05) is 16.9 Å². The predicted octanol–water partition coefficient (Wildman–Crippen LogP) is 2.95. The number of nitrogens with zero attached hydrogens (tertiary/aromatic N) is 3. The Morgan fingerprint density at radius 1 is 1.38 bits per heavy atom. The molecule has 0 bridgehead atoms. The molecule has 1 unspecified atom stereocenters. The maximum atomic E-state index is 11.7. The first-order chi connectivity index (χ1) is 11.3. The van der Waals surface area contributed by atoms with E-state index < -0.39 is 10.8 Å². The minimum Gasteiger partial charge on any atom is -0.423 e. The van der Waals surface area contributed by atoms with E-state index in [9.17, 15) is 4.21 Å². The van der Waals surface area contributed by atoms with Crippen LogP contribution in [0, 0.1) is 0 Å². The lowest BCUT2D eigenvalue weighted by atomic mass is 9.92. The van der Waals surface area contributed by atoms with E-state index in [2.05, 4.69) is 28.7 Å². The highest BCUT2D eigenvalue weighted by atomic mass is 32.2. The van der Waals surface area contributed by atoms with Gasteiger partial charge in [-0.15, -0.1) is 11.3 Å². The molecule has 3 aromatic rings. The van der Waals surface area contributed by atoms with Gasteiger partial charge in [0.2, 0.25) is 0 Å². The van der Waals surface area contributed by atoms with Crippen LogP contribution < -0.4 is 10.6 Å². The molecule has 24 heavy (non-hydrogen) atoms. The molecule has 1 aliphatic rings. The van der Waals surface area contributed by atoms with Crippen molar-refractivity contribution in [3.05, 3.63) is 28.8 Å². The Hall–Kier alpha value is -1.93. The molecule has 8 heteroatoms. The molecule has 126 valence electrons. The van der Waals surface area contributed by atoms with E-state index in [1.54, 1.807) is 6.26 Å². The van der Waals surface area contributed by atoms with Crippen molar-refractivity contribution < 1.29 is 8.63 Å². The number of oxazole rings is 1. The van der Waals surface area contributed by atoms with Crippen LogP contribution in [-0.4, -0.2) is 26.0 Å². The molecule has 4 rings (SSSR count). The first-order valence-corrected chi connectivity index (χ1v) is 9.97. The lowest BCUT2D eigenvalue weighted by Crippen LogP contribution is -2.48. The summed E-state index contributed by atoms with van der Waals surface area (Å²) in [5.74, 6) is 0. The van der Waals surface area contributed by atoms with Crippen LogP contribution in [-0.2, 0) is 23.8 Å². The van der Waals surface area contributed by atoms with Gasteiger partial charge in [-0.05, 0) is 32.0 Å². The normalized spacial score (nSPS) is 17.9. The van der Waals surface area contributed by atoms with Gasteiger partial charge in [-0.3, -0.25) is 4.21 Å².